The number of nitrogens with one attached hydrogen (secondary N) is 1. The molecule has 2 nitrogen and oxygen atoms in total. The molecule has 1 N–H and O–H groups in total. The van der Waals surface area contributed by atoms with E-state index in [1.807, 2.05) is 13.0 Å². The van der Waals surface area contributed by atoms with Gasteiger partial charge in [0.25, 0.3) is 5.91 Å². The van der Waals surface area contributed by atoms with Gasteiger partial charge in [-0.25, -0.2) is 8.78 Å². The molecule has 4 heteroatoms. The Labute approximate surface area is 116 Å². The number of benzene rings is 2. The molecule has 0 unspecified atom stereocenters. The highest BCUT2D eigenvalue weighted by Gasteiger charge is 2.13. The average molecular weight is 275 g/mol. The van der Waals surface area contributed by atoms with Crippen LogP contribution < -0.4 is 5.32 Å². The first-order valence-corrected chi connectivity index (χ1v) is 6.30. The Balaban J connectivity index is 2.13. The molecule has 0 saturated carbocycles. The van der Waals surface area contributed by atoms with Crippen molar-refractivity contribution in [1.82, 2.24) is 5.32 Å². The van der Waals surface area contributed by atoms with Crippen LogP contribution in [0.15, 0.2) is 42.5 Å². The van der Waals surface area contributed by atoms with Crippen molar-refractivity contribution in [3.05, 3.63) is 70.8 Å². The van der Waals surface area contributed by atoms with Crippen molar-refractivity contribution in [2.24, 2.45) is 0 Å². The van der Waals surface area contributed by atoms with Crippen LogP contribution in [0.5, 0.6) is 0 Å². The second-order valence-corrected chi connectivity index (χ2v) is 4.74. The Kier molecular flexibility index (Phi) is 4.13. The lowest BCUT2D eigenvalue weighted by molar-refractivity contribution is 0.0939. The number of aryl methyl sites for hydroxylation is 1. The van der Waals surface area contributed by atoms with Crippen molar-refractivity contribution in [3.8, 4) is 0 Å². The summed E-state index contributed by atoms with van der Waals surface area (Å²) in [6.45, 7) is 3.62. The molecule has 0 aliphatic carbocycles. The second kappa shape index (κ2) is 5.82. The van der Waals surface area contributed by atoms with Gasteiger partial charge < -0.3 is 5.32 Å². The molecule has 104 valence electrons. The number of hydrogen-bond donors (Lipinski definition) is 1. The average Bonchev–Trinajstić information content (AvgIpc) is 2.41. The van der Waals surface area contributed by atoms with Gasteiger partial charge in [-0.05, 0) is 43.7 Å². The van der Waals surface area contributed by atoms with E-state index in [9.17, 15) is 13.6 Å². The third-order valence-corrected chi connectivity index (χ3v) is 3.07. The van der Waals surface area contributed by atoms with Crippen LogP contribution in [-0.4, -0.2) is 5.91 Å². The van der Waals surface area contributed by atoms with E-state index in [0.29, 0.717) is 11.1 Å². The van der Waals surface area contributed by atoms with Crippen molar-refractivity contribution in [2.75, 3.05) is 0 Å². The summed E-state index contributed by atoms with van der Waals surface area (Å²) in [5.41, 5.74) is 2.04. The first-order chi connectivity index (χ1) is 9.47. The number of carbonyl (C=O) groups is 1. The Hall–Kier alpha value is -2.23. The summed E-state index contributed by atoms with van der Waals surface area (Å²) >= 11 is 0. The maximum Gasteiger partial charge on any atom is 0.251 e. The molecule has 0 fully saturated rings. The van der Waals surface area contributed by atoms with Crippen LogP contribution in [0.1, 0.15) is 34.5 Å². The van der Waals surface area contributed by atoms with Gasteiger partial charge in [0, 0.05) is 5.56 Å². The van der Waals surface area contributed by atoms with Crippen LogP contribution in [0.2, 0.25) is 0 Å². The summed E-state index contributed by atoms with van der Waals surface area (Å²) in [7, 11) is 0. The topological polar surface area (TPSA) is 29.1 Å². The van der Waals surface area contributed by atoms with E-state index in [0.717, 1.165) is 17.7 Å². The fourth-order valence-corrected chi connectivity index (χ4v) is 1.93. The van der Waals surface area contributed by atoms with Crippen molar-refractivity contribution in [2.45, 2.75) is 19.9 Å². The number of carbonyl (C=O) groups excluding carboxylic acids is 1. The van der Waals surface area contributed by atoms with E-state index in [1.54, 1.807) is 25.1 Å². The minimum absolute atomic E-state index is 0.245. The molecule has 1 atom stereocenters. The molecule has 1 amide bonds. The standard InChI is InChI=1S/C16H15F2NO/c1-10-4-3-5-13(8-10)16(20)19-11(2)12-6-7-14(17)15(18)9-12/h3-9,11H,1-2H3,(H,19,20)/t11-/m0/s1. The van der Waals surface area contributed by atoms with Crippen molar-refractivity contribution >= 4 is 5.91 Å². The van der Waals surface area contributed by atoms with Gasteiger partial charge >= 0.3 is 0 Å². The zero-order valence-corrected chi connectivity index (χ0v) is 11.3. The first kappa shape index (κ1) is 14.2. The van der Waals surface area contributed by atoms with E-state index in [4.69, 9.17) is 0 Å². The van der Waals surface area contributed by atoms with Crippen LogP contribution in [0, 0.1) is 18.6 Å². The summed E-state index contributed by atoms with van der Waals surface area (Å²) in [4.78, 5) is 12.1. The van der Waals surface area contributed by atoms with Crippen LogP contribution in [-0.2, 0) is 0 Å². The number of hydrogen-bond acceptors (Lipinski definition) is 1. The maximum atomic E-state index is 13.2. The minimum atomic E-state index is -0.917. The third-order valence-electron chi connectivity index (χ3n) is 3.07. The van der Waals surface area contributed by atoms with Gasteiger partial charge in [-0.3, -0.25) is 4.79 Å². The second-order valence-electron chi connectivity index (χ2n) is 4.74. The predicted octanol–water partition coefficient (Wildman–Crippen LogP) is 3.76. The SMILES string of the molecule is Cc1cccc(C(=O)N[C@@H](C)c2ccc(F)c(F)c2)c1. The lowest BCUT2D eigenvalue weighted by Crippen LogP contribution is -2.26. The first-order valence-electron chi connectivity index (χ1n) is 6.30. The van der Waals surface area contributed by atoms with E-state index in [-0.39, 0.29) is 5.91 Å². The highest BCUT2D eigenvalue weighted by Crippen LogP contribution is 2.16. The predicted molar refractivity (Wildman–Crippen MR) is 73.4 cm³/mol. The number of amides is 1. The Bertz CT molecular complexity index is 640. The molecule has 2 aromatic rings. The van der Waals surface area contributed by atoms with Crippen LogP contribution >= 0.6 is 0 Å². The van der Waals surface area contributed by atoms with E-state index < -0.39 is 17.7 Å². The molecule has 0 radical (unpaired) electrons. The summed E-state index contributed by atoms with van der Waals surface area (Å²) < 4.78 is 26.0. The van der Waals surface area contributed by atoms with Gasteiger partial charge in [-0.15, -0.1) is 0 Å². The van der Waals surface area contributed by atoms with Crippen LogP contribution in [0.4, 0.5) is 8.78 Å². The molecule has 0 spiro atoms. The lowest BCUT2D eigenvalue weighted by atomic mass is 10.1. The quantitative estimate of drug-likeness (QED) is 0.907. The smallest absolute Gasteiger partial charge is 0.251 e. The van der Waals surface area contributed by atoms with E-state index in [1.165, 1.54) is 6.07 Å². The molecule has 0 aliphatic heterocycles. The number of rotatable bonds is 3. The Morgan fingerprint density at radius 1 is 1.10 bits per heavy atom. The van der Waals surface area contributed by atoms with Gasteiger partial charge in [-0.2, -0.15) is 0 Å². The molecule has 2 aromatic carbocycles. The largest absolute Gasteiger partial charge is 0.346 e. The zero-order chi connectivity index (χ0) is 14.7. The highest BCUT2D eigenvalue weighted by atomic mass is 19.2. The summed E-state index contributed by atoms with van der Waals surface area (Å²) in [5.74, 6) is -2.06. The fraction of sp³-hybridized carbons (Fsp3) is 0.188. The third kappa shape index (κ3) is 3.20. The molecular weight excluding hydrogens is 260 g/mol. The van der Waals surface area contributed by atoms with Gasteiger partial charge in [-0.1, -0.05) is 23.8 Å². The highest BCUT2D eigenvalue weighted by molar-refractivity contribution is 5.94. The van der Waals surface area contributed by atoms with Crippen LogP contribution in [0.25, 0.3) is 0 Å². The van der Waals surface area contributed by atoms with Gasteiger partial charge in [0.1, 0.15) is 0 Å². The maximum absolute atomic E-state index is 13.2. The Morgan fingerprint density at radius 3 is 2.50 bits per heavy atom. The molecule has 0 bridgehead atoms. The monoisotopic (exact) mass is 275 g/mol. The molecule has 0 aliphatic rings. The van der Waals surface area contributed by atoms with E-state index >= 15 is 0 Å². The fourth-order valence-electron chi connectivity index (χ4n) is 1.93. The van der Waals surface area contributed by atoms with Gasteiger partial charge in [0.05, 0.1) is 6.04 Å². The Morgan fingerprint density at radius 2 is 1.85 bits per heavy atom. The summed E-state index contributed by atoms with van der Waals surface area (Å²) in [5, 5.41) is 2.76. The molecule has 2 rings (SSSR count). The summed E-state index contributed by atoms with van der Waals surface area (Å²) in [6, 6.07) is 10.4. The van der Waals surface area contributed by atoms with Crippen molar-refractivity contribution < 1.29 is 13.6 Å². The van der Waals surface area contributed by atoms with E-state index in [2.05, 4.69) is 5.32 Å². The molecule has 0 saturated heterocycles. The molecular formula is C16H15F2NO. The van der Waals surface area contributed by atoms with Crippen LogP contribution in [0.3, 0.4) is 0 Å². The molecule has 0 heterocycles. The minimum Gasteiger partial charge on any atom is -0.346 e. The normalized spacial score (nSPS) is 12.0. The van der Waals surface area contributed by atoms with Crippen molar-refractivity contribution in [1.29, 1.82) is 0 Å². The van der Waals surface area contributed by atoms with Gasteiger partial charge in [0.15, 0.2) is 11.6 Å². The zero-order valence-electron chi connectivity index (χ0n) is 11.3. The lowest BCUT2D eigenvalue weighted by Gasteiger charge is -2.15. The molecule has 0 aromatic heterocycles. The van der Waals surface area contributed by atoms with Crippen molar-refractivity contribution in [3.63, 3.8) is 0 Å². The molecule has 20 heavy (non-hydrogen) atoms. The number of halogens is 2. The van der Waals surface area contributed by atoms with Gasteiger partial charge in [0.2, 0.25) is 0 Å². The summed E-state index contributed by atoms with van der Waals surface area (Å²) in [6.07, 6.45) is 0.